The number of nitrogens with one attached hydrogen (secondary N) is 1. The molecule has 0 saturated carbocycles. The highest BCUT2D eigenvalue weighted by Crippen LogP contribution is 2.27. The van der Waals surface area contributed by atoms with Gasteiger partial charge in [-0.15, -0.1) is 24.8 Å². The summed E-state index contributed by atoms with van der Waals surface area (Å²) < 4.78 is 0. The van der Waals surface area contributed by atoms with Crippen LogP contribution in [-0.4, -0.2) is 31.1 Å². The maximum absolute atomic E-state index is 5.81. The summed E-state index contributed by atoms with van der Waals surface area (Å²) in [4.78, 5) is 2.46. The Hall–Kier alpha value is -1.26. The topological polar surface area (TPSA) is 41.3 Å². The van der Waals surface area contributed by atoms with E-state index in [-0.39, 0.29) is 24.8 Å². The smallest absolute Gasteiger partial charge is 0.0419 e. The molecule has 0 saturated heterocycles. The van der Waals surface area contributed by atoms with Crippen molar-refractivity contribution in [2.75, 3.05) is 31.5 Å². The SMILES string of the molecule is Cl.Cl.NCCN(CCc1ccccc1)Cc1cccc2c1NCC2. The number of benzene rings is 2. The highest BCUT2D eigenvalue weighted by atomic mass is 35.5. The van der Waals surface area contributed by atoms with E-state index in [0.29, 0.717) is 6.54 Å². The van der Waals surface area contributed by atoms with Gasteiger partial charge in [0.25, 0.3) is 0 Å². The van der Waals surface area contributed by atoms with E-state index in [9.17, 15) is 0 Å². The van der Waals surface area contributed by atoms with Crippen LogP contribution in [0.15, 0.2) is 48.5 Å². The molecule has 3 rings (SSSR count). The number of halogens is 2. The quantitative estimate of drug-likeness (QED) is 0.786. The second kappa shape index (κ2) is 10.6. The molecule has 0 atom stereocenters. The molecule has 1 aliphatic rings. The van der Waals surface area contributed by atoms with Gasteiger partial charge in [0.2, 0.25) is 0 Å². The summed E-state index contributed by atoms with van der Waals surface area (Å²) >= 11 is 0. The lowest BCUT2D eigenvalue weighted by atomic mass is 10.1. The molecule has 0 aliphatic carbocycles. The predicted octanol–water partition coefficient (Wildman–Crippen LogP) is 3.50. The van der Waals surface area contributed by atoms with Crippen LogP contribution in [0, 0.1) is 0 Å². The Kier molecular flexibility index (Phi) is 9.16. The highest BCUT2D eigenvalue weighted by Gasteiger charge is 2.15. The van der Waals surface area contributed by atoms with Crippen molar-refractivity contribution in [3.8, 4) is 0 Å². The van der Waals surface area contributed by atoms with E-state index < -0.39 is 0 Å². The lowest BCUT2D eigenvalue weighted by Crippen LogP contribution is -2.31. The highest BCUT2D eigenvalue weighted by molar-refractivity contribution is 5.85. The monoisotopic (exact) mass is 367 g/mol. The maximum atomic E-state index is 5.81. The first-order valence-electron chi connectivity index (χ1n) is 8.18. The summed E-state index contributed by atoms with van der Waals surface area (Å²) in [7, 11) is 0. The second-order valence-electron chi connectivity index (χ2n) is 5.93. The minimum absolute atomic E-state index is 0. The molecule has 3 N–H and O–H groups in total. The van der Waals surface area contributed by atoms with Crippen LogP contribution < -0.4 is 11.1 Å². The molecule has 24 heavy (non-hydrogen) atoms. The molecule has 0 bridgehead atoms. The Balaban J connectivity index is 0.00000144. The first-order valence-corrected chi connectivity index (χ1v) is 8.18. The third kappa shape index (κ3) is 5.38. The van der Waals surface area contributed by atoms with Gasteiger partial charge in [0.05, 0.1) is 0 Å². The van der Waals surface area contributed by atoms with E-state index >= 15 is 0 Å². The molecule has 5 heteroatoms. The molecule has 0 radical (unpaired) electrons. The van der Waals surface area contributed by atoms with Gasteiger partial charge in [0.1, 0.15) is 0 Å². The van der Waals surface area contributed by atoms with E-state index in [1.807, 2.05) is 0 Å². The normalized spacial score (nSPS) is 12.1. The van der Waals surface area contributed by atoms with E-state index in [2.05, 4.69) is 58.7 Å². The Morgan fingerprint density at radius 2 is 1.75 bits per heavy atom. The van der Waals surface area contributed by atoms with Gasteiger partial charge in [-0.3, -0.25) is 4.90 Å². The van der Waals surface area contributed by atoms with E-state index in [4.69, 9.17) is 5.73 Å². The van der Waals surface area contributed by atoms with Crippen LogP contribution >= 0.6 is 24.8 Å². The number of hydrogen-bond donors (Lipinski definition) is 2. The molecule has 0 fully saturated rings. The predicted molar refractivity (Wildman–Crippen MR) is 108 cm³/mol. The van der Waals surface area contributed by atoms with Crippen LogP contribution in [0.5, 0.6) is 0 Å². The van der Waals surface area contributed by atoms with Gasteiger partial charge in [0.15, 0.2) is 0 Å². The van der Waals surface area contributed by atoms with Crippen LogP contribution in [0.2, 0.25) is 0 Å². The van der Waals surface area contributed by atoms with Gasteiger partial charge in [0, 0.05) is 38.4 Å². The minimum atomic E-state index is 0. The first kappa shape index (κ1) is 20.8. The van der Waals surface area contributed by atoms with Gasteiger partial charge in [-0.05, 0) is 29.5 Å². The van der Waals surface area contributed by atoms with Crippen molar-refractivity contribution in [2.24, 2.45) is 5.73 Å². The van der Waals surface area contributed by atoms with Gasteiger partial charge in [-0.1, -0.05) is 48.5 Å². The summed E-state index contributed by atoms with van der Waals surface area (Å²) in [5.41, 5.74) is 11.4. The van der Waals surface area contributed by atoms with Crippen molar-refractivity contribution in [3.05, 3.63) is 65.2 Å². The molecular formula is C19H27Cl2N3. The molecule has 0 unspecified atom stereocenters. The number of hydrogen-bond acceptors (Lipinski definition) is 3. The number of para-hydroxylation sites is 1. The Labute approximate surface area is 157 Å². The van der Waals surface area contributed by atoms with Crippen LogP contribution in [-0.2, 0) is 19.4 Å². The third-order valence-corrected chi connectivity index (χ3v) is 4.33. The van der Waals surface area contributed by atoms with Crippen LogP contribution in [0.25, 0.3) is 0 Å². The molecule has 0 amide bonds. The summed E-state index contributed by atoms with van der Waals surface area (Å²) in [5, 5.41) is 3.53. The van der Waals surface area contributed by atoms with E-state index in [1.54, 1.807) is 0 Å². The summed E-state index contributed by atoms with van der Waals surface area (Å²) in [5.74, 6) is 0. The molecule has 0 aromatic heterocycles. The molecular weight excluding hydrogens is 341 g/mol. The number of rotatable bonds is 7. The van der Waals surface area contributed by atoms with E-state index in [1.165, 1.54) is 22.4 Å². The second-order valence-corrected chi connectivity index (χ2v) is 5.93. The molecule has 0 spiro atoms. The standard InChI is InChI=1S/C19H25N3.2ClH/c20-11-14-22(13-10-16-5-2-1-3-6-16)15-18-8-4-7-17-9-12-21-19(17)18;;/h1-8,21H,9-15,20H2;2*1H. The summed E-state index contributed by atoms with van der Waals surface area (Å²) in [6, 6.07) is 17.3. The number of nitrogens with zero attached hydrogens (tertiary/aromatic N) is 1. The van der Waals surface area contributed by atoms with E-state index in [0.717, 1.165) is 39.0 Å². The van der Waals surface area contributed by atoms with Crippen LogP contribution in [0.4, 0.5) is 5.69 Å². The van der Waals surface area contributed by atoms with Crippen LogP contribution in [0.1, 0.15) is 16.7 Å². The number of nitrogens with two attached hydrogens (primary N) is 1. The van der Waals surface area contributed by atoms with Gasteiger partial charge >= 0.3 is 0 Å². The first-order chi connectivity index (χ1) is 10.9. The zero-order valence-electron chi connectivity index (χ0n) is 13.9. The van der Waals surface area contributed by atoms with Gasteiger partial charge < -0.3 is 11.1 Å². The fourth-order valence-corrected chi connectivity index (χ4v) is 3.17. The lowest BCUT2D eigenvalue weighted by molar-refractivity contribution is 0.277. The summed E-state index contributed by atoms with van der Waals surface area (Å²) in [6.07, 6.45) is 2.22. The Morgan fingerprint density at radius 3 is 2.50 bits per heavy atom. The van der Waals surface area contributed by atoms with Crippen molar-refractivity contribution in [2.45, 2.75) is 19.4 Å². The average molecular weight is 368 g/mol. The summed E-state index contributed by atoms with van der Waals surface area (Å²) in [6.45, 7) is 4.73. The van der Waals surface area contributed by atoms with Gasteiger partial charge in [-0.25, -0.2) is 0 Å². The van der Waals surface area contributed by atoms with Crippen molar-refractivity contribution < 1.29 is 0 Å². The maximum Gasteiger partial charge on any atom is 0.0419 e. The lowest BCUT2D eigenvalue weighted by Gasteiger charge is -2.23. The van der Waals surface area contributed by atoms with Crippen molar-refractivity contribution in [3.63, 3.8) is 0 Å². The fourth-order valence-electron chi connectivity index (χ4n) is 3.17. The molecule has 1 heterocycles. The molecule has 1 aliphatic heterocycles. The van der Waals surface area contributed by atoms with Gasteiger partial charge in [-0.2, -0.15) is 0 Å². The largest absolute Gasteiger partial charge is 0.384 e. The van der Waals surface area contributed by atoms with Crippen LogP contribution in [0.3, 0.4) is 0 Å². The minimum Gasteiger partial charge on any atom is -0.384 e. The fraction of sp³-hybridized carbons (Fsp3) is 0.368. The Bertz CT molecular complexity index is 605. The molecule has 2 aromatic rings. The zero-order chi connectivity index (χ0) is 15.2. The molecule has 3 nitrogen and oxygen atoms in total. The number of anilines is 1. The Morgan fingerprint density at radius 1 is 0.958 bits per heavy atom. The average Bonchev–Trinajstić information content (AvgIpc) is 3.03. The zero-order valence-corrected chi connectivity index (χ0v) is 15.5. The van der Waals surface area contributed by atoms with Crippen molar-refractivity contribution in [1.29, 1.82) is 0 Å². The van der Waals surface area contributed by atoms with Crippen molar-refractivity contribution in [1.82, 2.24) is 4.90 Å². The third-order valence-electron chi connectivity index (χ3n) is 4.33. The number of fused-ring (bicyclic) bond motifs is 1. The van der Waals surface area contributed by atoms with Crippen molar-refractivity contribution >= 4 is 30.5 Å². The molecule has 2 aromatic carbocycles. The molecule has 132 valence electrons.